The van der Waals surface area contributed by atoms with Crippen LogP contribution in [0.2, 0.25) is 0 Å². The maximum atomic E-state index is 14.0. The highest BCUT2D eigenvalue weighted by Gasteiger charge is 2.22. The lowest BCUT2D eigenvalue weighted by Gasteiger charge is -2.21. The van der Waals surface area contributed by atoms with Crippen molar-refractivity contribution >= 4 is 22.5 Å². The summed E-state index contributed by atoms with van der Waals surface area (Å²) in [5.41, 5.74) is 8.33. The number of pyridine rings is 1. The number of nitrogens with zero attached hydrogens (tertiary/aromatic N) is 4. The van der Waals surface area contributed by atoms with E-state index in [1.54, 1.807) is 10.8 Å². The molecule has 2 aromatic carbocycles. The number of anilines is 1. The number of para-hydroxylation sites is 1. The third-order valence-corrected chi connectivity index (χ3v) is 5.60. The van der Waals surface area contributed by atoms with E-state index in [2.05, 4.69) is 25.5 Å². The SMILES string of the molecule is C[C@H](NC(=O)c1nccnc1N)c1cc2cccc(-c3cc[nH]n3)c2c(=O)n1-c1ccccc1. The van der Waals surface area contributed by atoms with Gasteiger partial charge >= 0.3 is 0 Å². The standard InChI is InChI=1S/C25H21N7O2/c1-15(30-24(33)22-23(26)28-13-12-27-22)20-14-16-6-5-9-18(19-10-11-29-31-19)21(16)25(34)32(20)17-7-3-2-4-8-17/h2-15H,1H3,(H2,26,28)(H,29,31)(H,30,33)/t15-/m0/s1. The van der Waals surface area contributed by atoms with Crippen LogP contribution in [0.5, 0.6) is 0 Å². The Bertz CT molecular complexity index is 1540. The minimum Gasteiger partial charge on any atom is -0.382 e. The zero-order chi connectivity index (χ0) is 23.7. The van der Waals surface area contributed by atoms with E-state index in [4.69, 9.17) is 5.73 Å². The van der Waals surface area contributed by atoms with Gasteiger partial charge in [-0.15, -0.1) is 0 Å². The minimum absolute atomic E-state index is 0.0320. The Hall–Kier alpha value is -4.79. The average Bonchev–Trinajstić information content (AvgIpc) is 3.39. The maximum Gasteiger partial charge on any atom is 0.274 e. The number of hydrogen-bond donors (Lipinski definition) is 3. The molecule has 0 spiro atoms. The Morgan fingerprint density at radius 2 is 1.85 bits per heavy atom. The molecule has 0 saturated carbocycles. The summed E-state index contributed by atoms with van der Waals surface area (Å²) < 4.78 is 1.61. The van der Waals surface area contributed by atoms with Gasteiger partial charge in [0, 0.05) is 35.5 Å². The number of aromatic nitrogens is 5. The molecule has 9 nitrogen and oxygen atoms in total. The summed E-state index contributed by atoms with van der Waals surface area (Å²) in [5.74, 6) is -0.440. The fraction of sp³-hybridized carbons (Fsp3) is 0.0800. The van der Waals surface area contributed by atoms with Crippen molar-refractivity contribution in [2.75, 3.05) is 5.73 Å². The van der Waals surface area contributed by atoms with Gasteiger partial charge in [-0.25, -0.2) is 9.97 Å². The molecular formula is C25H21N7O2. The normalized spacial score (nSPS) is 11.9. The summed E-state index contributed by atoms with van der Waals surface area (Å²) in [6.45, 7) is 1.81. The molecule has 0 aliphatic carbocycles. The zero-order valence-corrected chi connectivity index (χ0v) is 18.3. The minimum atomic E-state index is -0.541. The molecule has 1 amide bonds. The van der Waals surface area contributed by atoms with Crippen molar-refractivity contribution in [3.8, 4) is 16.9 Å². The van der Waals surface area contributed by atoms with E-state index in [1.165, 1.54) is 12.4 Å². The molecule has 0 aliphatic rings. The van der Waals surface area contributed by atoms with Crippen LogP contribution in [-0.4, -0.2) is 30.6 Å². The molecule has 0 bridgehead atoms. The number of carbonyl (C=O) groups excluding carboxylic acids is 1. The first-order valence-electron chi connectivity index (χ1n) is 10.7. The largest absolute Gasteiger partial charge is 0.382 e. The van der Waals surface area contributed by atoms with Crippen LogP contribution in [0.4, 0.5) is 5.82 Å². The van der Waals surface area contributed by atoms with Gasteiger partial charge in [0.05, 0.1) is 17.1 Å². The molecule has 0 unspecified atom stereocenters. The van der Waals surface area contributed by atoms with Crippen molar-refractivity contribution in [1.29, 1.82) is 0 Å². The lowest BCUT2D eigenvalue weighted by molar-refractivity contribution is 0.0934. The van der Waals surface area contributed by atoms with E-state index in [1.807, 2.05) is 67.6 Å². The first kappa shape index (κ1) is 21.1. The first-order chi connectivity index (χ1) is 16.5. The van der Waals surface area contributed by atoms with Crippen LogP contribution in [0, 0.1) is 0 Å². The number of carbonyl (C=O) groups is 1. The molecule has 1 atom stereocenters. The van der Waals surface area contributed by atoms with E-state index in [9.17, 15) is 9.59 Å². The number of hydrogen-bond acceptors (Lipinski definition) is 6. The van der Waals surface area contributed by atoms with Crippen LogP contribution in [0.15, 0.2) is 84.0 Å². The molecule has 0 aliphatic heterocycles. The van der Waals surface area contributed by atoms with Gasteiger partial charge in [-0.05, 0) is 36.6 Å². The van der Waals surface area contributed by atoms with Crippen molar-refractivity contribution in [3.63, 3.8) is 0 Å². The van der Waals surface area contributed by atoms with Gasteiger partial charge in [0.1, 0.15) is 0 Å². The van der Waals surface area contributed by atoms with Crippen molar-refractivity contribution in [3.05, 3.63) is 101 Å². The van der Waals surface area contributed by atoms with E-state index in [-0.39, 0.29) is 17.1 Å². The van der Waals surface area contributed by atoms with Gasteiger partial charge in [0.25, 0.3) is 11.5 Å². The Balaban J connectivity index is 1.69. The number of benzene rings is 2. The quantitative estimate of drug-likeness (QED) is 0.376. The third kappa shape index (κ3) is 3.69. The first-order valence-corrected chi connectivity index (χ1v) is 10.7. The smallest absolute Gasteiger partial charge is 0.274 e. The molecule has 168 valence electrons. The van der Waals surface area contributed by atoms with Crippen LogP contribution in [0.25, 0.3) is 27.7 Å². The Labute approximate surface area is 194 Å². The van der Waals surface area contributed by atoms with Gasteiger partial charge in [0.15, 0.2) is 11.5 Å². The van der Waals surface area contributed by atoms with Crippen LogP contribution < -0.4 is 16.6 Å². The second kappa shape index (κ2) is 8.62. The highest BCUT2D eigenvalue weighted by molar-refractivity contribution is 5.97. The van der Waals surface area contributed by atoms with Gasteiger partial charge in [-0.1, -0.05) is 36.4 Å². The fourth-order valence-corrected chi connectivity index (χ4v) is 4.03. The molecule has 9 heteroatoms. The van der Waals surface area contributed by atoms with Crippen molar-refractivity contribution in [1.82, 2.24) is 30.0 Å². The molecular weight excluding hydrogens is 430 g/mol. The Morgan fingerprint density at radius 1 is 1.06 bits per heavy atom. The number of nitrogen functional groups attached to an aromatic ring is 1. The molecule has 0 radical (unpaired) electrons. The Morgan fingerprint density at radius 3 is 2.59 bits per heavy atom. The molecule has 0 fully saturated rings. The van der Waals surface area contributed by atoms with Crippen molar-refractivity contribution in [2.24, 2.45) is 0 Å². The zero-order valence-electron chi connectivity index (χ0n) is 18.3. The monoisotopic (exact) mass is 451 g/mol. The number of aromatic amines is 1. The van der Waals surface area contributed by atoms with E-state index < -0.39 is 11.9 Å². The van der Waals surface area contributed by atoms with Crippen LogP contribution in [0.1, 0.15) is 29.1 Å². The highest BCUT2D eigenvalue weighted by atomic mass is 16.2. The second-order valence-corrected chi connectivity index (χ2v) is 7.76. The van der Waals surface area contributed by atoms with Gasteiger partial charge < -0.3 is 11.1 Å². The third-order valence-electron chi connectivity index (χ3n) is 5.60. The average molecular weight is 451 g/mol. The van der Waals surface area contributed by atoms with Crippen LogP contribution in [-0.2, 0) is 0 Å². The summed E-state index contributed by atoms with van der Waals surface area (Å²) in [7, 11) is 0. The maximum absolute atomic E-state index is 14.0. The highest BCUT2D eigenvalue weighted by Crippen LogP contribution is 2.28. The second-order valence-electron chi connectivity index (χ2n) is 7.76. The number of rotatable bonds is 5. The molecule has 0 saturated heterocycles. The van der Waals surface area contributed by atoms with Gasteiger partial charge in [0.2, 0.25) is 0 Å². The van der Waals surface area contributed by atoms with Crippen LogP contribution >= 0.6 is 0 Å². The number of nitrogens with two attached hydrogens (primary N) is 1. The van der Waals surface area contributed by atoms with Gasteiger partial charge in [-0.2, -0.15) is 5.10 Å². The van der Waals surface area contributed by atoms with Crippen LogP contribution in [0.3, 0.4) is 0 Å². The van der Waals surface area contributed by atoms with E-state index >= 15 is 0 Å². The van der Waals surface area contributed by atoms with E-state index in [0.717, 1.165) is 10.9 Å². The van der Waals surface area contributed by atoms with Gasteiger partial charge in [-0.3, -0.25) is 19.3 Å². The number of amides is 1. The number of fused-ring (bicyclic) bond motifs is 1. The molecule has 34 heavy (non-hydrogen) atoms. The summed E-state index contributed by atoms with van der Waals surface area (Å²) in [6, 6.07) is 18.1. The molecule has 3 heterocycles. The molecule has 5 aromatic rings. The van der Waals surface area contributed by atoms with Crippen molar-refractivity contribution < 1.29 is 4.79 Å². The summed E-state index contributed by atoms with van der Waals surface area (Å²) in [6.07, 6.45) is 4.54. The summed E-state index contributed by atoms with van der Waals surface area (Å²) >= 11 is 0. The lowest BCUT2D eigenvalue weighted by Crippen LogP contribution is -2.33. The number of H-pyrrole nitrogens is 1. The number of nitrogens with one attached hydrogen (secondary N) is 2. The summed E-state index contributed by atoms with van der Waals surface area (Å²) in [4.78, 5) is 34.8. The Kier molecular flexibility index (Phi) is 5.35. The molecule has 5 rings (SSSR count). The predicted octanol–water partition coefficient (Wildman–Crippen LogP) is 3.24. The lowest BCUT2D eigenvalue weighted by atomic mass is 10.0. The topological polar surface area (TPSA) is 132 Å². The molecule has 4 N–H and O–H groups in total. The van der Waals surface area contributed by atoms with E-state index in [0.29, 0.717) is 22.5 Å². The summed E-state index contributed by atoms with van der Waals surface area (Å²) in [5, 5.41) is 11.2. The predicted molar refractivity (Wildman–Crippen MR) is 129 cm³/mol. The molecule has 3 aromatic heterocycles. The van der Waals surface area contributed by atoms with Crippen molar-refractivity contribution in [2.45, 2.75) is 13.0 Å². The fourth-order valence-electron chi connectivity index (χ4n) is 4.03.